The zero-order valence-electron chi connectivity index (χ0n) is 14.7. The van der Waals surface area contributed by atoms with Gasteiger partial charge in [0.25, 0.3) is 0 Å². The van der Waals surface area contributed by atoms with Crippen LogP contribution in [0.4, 0.5) is 4.79 Å². The molecule has 1 fully saturated rings. The standard InChI is InChI=1S/C17H21N5O3/c1-17(2,3)25-16(24)20-22-9-12(23)13(14(22)18)15-19-10-7-5-6-8-11(10)21(15)4/h5-8,13,18H,9H2,1-4H3,(H,20,24). The molecule has 132 valence electrons. The number of aromatic nitrogens is 2. The van der Waals surface area contributed by atoms with E-state index in [1.807, 2.05) is 35.9 Å². The van der Waals surface area contributed by atoms with Crippen LogP contribution in [0.3, 0.4) is 0 Å². The minimum atomic E-state index is -0.813. The fraction of sp³-hybridized carbons (Fsp3) is 0.412. The minimum absolute atomic E-state index is 0.0192. The molecule has 1 aliphatic rings. The van der Waals surface area contributed by atoms with E-state index in [9.17, 15) is 9.59 Å². The Morgan fingerprint density at radius 3 is 2.68 bits per heavy atom. The van der Waals surface area contributed by atoms with Gasteiger partial charge >= 0.3 is 6.09 Å². The summed E-state index contributed by atoms with van der Waals surface area (Å²) in [5, 5.41) is 9.52. The molecule has 8 heteroatoms. The summed E-state index contributed by atoms with van der Waals surface area (Å²) in [6, 6.07) is 7.54. The number of fused-ring (bicyclic) bond motifs is 1. The monoisotopic (exact) mass is 343 g/mol. The highest BCUT2D eigenvalue weighted by molar-refractivity contribution is 6.14. The number of imidazole rings is 1. The van der Waals surface area contributed by atoms with Crippen molar-refractivity contribution in [2.45, 2.75) is 32.3 Å². The van der Waals surface area contributed by atoms with Crippen LogP contribution in [0, 0.1) is 5.41 Å². The molecule has 0 radical (unpaired) electrons. The van der Waals surface area contributed by atoms with Crippen molar-refractivity contribution >= 4 is 28.7 Å². The number of para-hydroxylation sites is 2. The summed E-state index contributed by atoms with van der Waals surface area (Å²) >= 11 is 0. The van der Waals surface area contributed by atoms with E-state index in [0.29, 0.717) is 5.82 Å². The molecule has 3 rings (SSSR count). The van der Waals surface area contributed by atoms with E-state index in [0.717, 1.165) is 11.0 Å². The van der Waals surface area contributed by atoms with Crippen molar-refractivity contribution in [2.75, 3.05) is 6.54 Å². The highest BCUT2D eigenvalue weighted by Crippen LogP contribution is 2.27. The predicted octanol–water partition coefficient (Wildman–Crippen LogP) is 1.96. The average Bonchev–Trinajstić information content (AvgIpc) is 2.95. The highest BCUT2D eigenvalue weighted by Gasteiger charge is 2.41. The summed E-state index contributed by atoms with van der Waals surface area (Å²) in [5.74, 6) is -0.536. The average molecular weight is 343 g/mol. The number of hydrazine groups is 1. The first-order valence-electron chi connectivity index (χ1n) is 7.97. The molecule has 1 amide bonds. The molecule has 2 N–H and O–H groups in total. The van der Waals surface area contributed by atoms with Crippen LogP contribution in [0.5, 0.6) is 0 Å². The molecule has 1 aliphatic heterocycles. The number of aryl methyl sites for hydroxylation is 1. The summed E-state index contributed by atoms with van der Waals surface area (Å²) in [5.41, 5.74) is 3.45. The highest BCUT2D eigenvalue weighted by atomic mass is 16.6. The lowest BCUT2D eigenvalue weighted by molar-refractivity contribution is -0.118. The normalized spacial score (nSPS) is 18.1. The maximum absolute atomic E-state index is 12.5. The van der Waals surface area contributed by atoms with E-state index in [2.05, 4.69) is 10.4 Å². The molecule has 0 bridgehead atoms. The smallest absolute Gasteiger partial charge is 0.426 e. The molecule has 8 nitrogen and oxygen atoms in total. The number of hydrogen-bond donors (Lipinski definition) is 2. The van der Waals surface area contributed by atoms with Gasteiger partial charge in [-0.3, -0.25) is 15.2 Å². The molecule has 25 heavy (non-hydrogen) atoms. The number of benzene rings is 1. The summed E-state index contributed by atoms with van der Waals surface area (Å²) in [6.07, 6.45) is -0.698. The third-order valence-electron chi connectivity index (χ3n) is 3.91. The van der Waals surface area contributed by atoms with Crippen LogP contribution in [0.15, 0.2) is 24.3 Å². The number of ketones is 1. The van der Waals surface area contributed by atoms with Gasteiger partial charge in [0.1, 0.15) is 29.7 Å². The first-order chi connectivity index (χ1) is 11.7. The van der Waals surface area contributed by atoms with Gasteiger partial charge in [-0.05, 0) is 32.9 Å². The SMILES string of the molecule is Cn1c(C2C(=N)N(NC(=O)OC(C)(C)C)CC2=O)nc2ccccc21. The van der Waals surface area contributed by atoms with Crippen LogP contribution in [0.2, 0.25) is 0 Å². The number of ether oxygens (including phenoxy) is 1. The number of nitrogens with zero attached hydrogens (tertiary/aromatic N) is 3. The molecule has 2 heterocycles. The Balaban J connectivity index is 1.84. The fourth-order valence-electron chi connectivity index (χ4n) is 2.84. The Morgan fingerprint density at radius 2 is 2.04 bits per heavy atom. The van der Waals surface area contributed by atoms with Crippen LogP contribution in [-0.4, -0.2) is 44.4 Å². The minimum Gasteiger partial charge on any atom is -0.443 e. The number of carbonyl (C=O) groups excluding carboxylic acids is 2. The van der Waals surface area contributed by atoms with Gasteiger partial charge in [-0.25, -0.2) is 15.2 Å². The molecule has 0 aliphatic carbocycles. The van der Waals surface area contributed by atoms with Gasteiger partial charge in [-0.15, -0.1) is 0 Å². The van der Waals surface area contributed by atoms with Crippen molar-refractivity contribution in [3.8, 4) is 0 Å². The molecular weight excluding hydrogens is 322 g/mol. The van der Waals surface area contributed by atoms with Gasteiger partial charge in [-0.2, -0.15) is 0 Å². The van der Waals surface area contributed by atoms with Crippen molar-refractivity contribution in [1.82, 2.24) is 20.0 Å². The predicted molar refractivity (Wildman–Crippen MR) is 92.3 cm³/mol. The van der Waals surface area contributed by atoms with Gasteiger partial charge in [0.15, 0.2) is 5.78 Å². The third kappa shape index (κ3) is 3.19. The Labute approximate surface area is 145 Å². The summed E-state index contributed by atoms with van der Waals surface area (Å²) in [4.78, 5) is 28.9. The second kappa shape index (κ2) is 5.87. The quantitative estimate of drug-likeness (QED) is 0.868. The van der Waals surface area contributed by atoms with E-state index in [1.165, 1.54) is 5.01 Å². The zero-order valence-corrected chi connectivity index (χ0v) is 14.7. The van der Waals surface area contributed by atoms with E-state index in [4.69, 9.17) is 10.1 Å². The van der Waals surface area contributed by atoms with Crippen molar-refractivity contribution in [2.24, 2.45) is 7.05 Å². The lowest BCUT2D eigenvalue weighted by Crippen LogP contribution is -2.45. The Morgan fingerprint density at radius 1 is 1.36 bits per heavy atom. The molecule has 1 unspecified atom stereocenters. The molecule has 0 spiro atoms. The number of hydrogen-bond acceptors (Lipinski definition) is 5. The third-order valence-corrected chi connectivity index (χ3v) is 3.91. The van der Waals surface area contributed by atoms with Gasteiger partial charge in [0.05, 0.1) is 11.0 Å². The van der Waals surface area contributed by atoms with Crippen LogP contribution < -0.4 is 5.43 Å². The number of Topliss-reactive ketones (excluding diaryl/α,β-unsaturated/α-hetero) is 1. The molecule has 1 saturated heterocycles. The first-order valence-corrected chi connectivity index (χ1v) is 7.97. The number of carbonyl (C=O) groups is 2. The molecule has 1 aromatic heterocycles. The molecule has 1 aromatic carbocycles. The zero-order chi connectivity index (χ0) is 18.4. The molecule has 1 atom stereocenters. The Kier molecular flexibility index (Phi) is 3.98. The van der Waals surface area contributed by atoms with Crippen LogP contribution in [-0.2, 0) is 16.6 Å². The van der Waals surface area contributed by atoms with Crippen molar-refractivity contribution < 1.29 is 14.3 Å². The number of nitrogens with one attached hydrogen (secondary N) is 2. The number of amides is 1. The maximum Gasteiger partial charge on any atom is 0.426 e. The van der Waals surface area contributed by atoms with Gasteiger partial charge in [0.2, 0.25) is 0 Å². The Bertz CT molecular complexity index is 865. The first kappa shape index (κ1) is 16.9. The summed E-state index contributed by atoms with van der Waals surface area (Å²) in [7, 11) is 1.81. The van der Waals surface area contributed by atoms with Crippen molar-refractivity contribution in [3.63, 3.8) is 0 Å². The second-order valence-corrected chi connectivity index (χ2v) is 7.00. The van der Waals surface area contributed by atoms with E-state index in [1.54, 1.807) is 20.8 Å². The second-order valence-electron chi connectivity index (χ2n) is 7.00. The van der Waals surface area contributed by atoms with Gasteiger partial charge in [0, 0.05) is 7.05 Å². The Hall–Kier alpha value is -2.90. The van der Waals surface area contributed by atoms with E-state index < -0.39 is 17.6 Å². The van der Waals surface area contributed by atoms with Crippen LogP contribution >= 0.6 is 0 Å². The van der Waals surface area contributed by atoms with Crippen LogP contribution in [0.1, 0.15) is 32.5 Å². The lowest BCUT2D eigenvalue weighted by Gasteiger charge is -2.24. The van der Waals surface area contributed by atoms with E-state index in [-0.39, 0.29) is 18.2 Å². The summed E-state index contributed by atoms with van der Waals surface area (Å²) in [6.45, 7) is 5.14. The van der Waals surface area contributed by atoms with Crippen molar-refractivity contribution in [1.29, 1.82) is 5.41 Å². The van der Waals surface area contributed by atoms with E-state index >= 15 is 0 Å². The topological polar surface area (TPSA) is 100 Å². The fourth-order valence-corrected chi connectivity index (χ4v) is 2.84. The lowest BCUT2D eigenvalue weighted by atomic mass is 10.1. The van der Waals surface area contributed by atoms with Gasteiger partial charge in [-0.1, -0.05) is 12.1 Å². The molecular formula is C17H21N5O3. The molecule has 2 aromatic rings. The van der Waals surface area contributed by atoms with Gasteiger partial charge < -0.3 is 9.30 Å². The number of rotatable bonds is 2. The maximum atomic E-state index is 12.5. The molecule has 0 saturated carbocycles. The number of amidine groups is 1. The van der Waals surface area contributed by atoms with Crippen LogP contribution in [0.25, 0.3) is 11.0 Å². The van der Waals surface area contributed by atoms with Crippen molar-refractivity contribution in [3.05, 3.63) is 30.1 Å². The largest absolute Gasteiger partial charge is 0.443 e. The summed E-state index contributed by atoms with van der Waals surface area (Å²) < 4.78 is 6.98.